The second kappa shape index (κ2) is 9.24. The van der Waals surface area contributed by atoms with E-state index < -0.39 is 14.1 Å². The summed E-state index contributed by atoms with van der Waals surface area (Å²) in [5.41, 5.74) is 0. The van der Waals surface area contributed by atoms with Gasteiger partial charge in [-0.3, -0.25) is 9.32 Å². The molecule has 3 fully saturated rings. The molecule has 8 nitrogen and oxygen atoms in total. The fraction of sp³-hybridized carbons (Fsp3) is 0.435. The van der Waals surface area contributed by atoms with E-state index in [-0.39, 0.29) is 43.2 Å². The van der Waals surface area contributed by atoms with E-state index in [4.69, 9.17) is 27.8 Å². The van der Waals surface area contributed by atoms with Gasteiger partial charge in [-0.05, 0) is 43.5 Å². The number of rotatable bonds is 10. The van der Waals surface area contributed by atoms with Gasteiger partial charge in [0.05, 0.1) is 37.3 Å². The second-order valence-corrected chi connectivity index (χ2v) is 9.53. The molecule has 9 heteroatoms. The molecule has 170 valence electrons. The van der Waals surface area contributed by atoms with E-state index in [1.54, 1.807) is 48.5 Å². The zero-order valence-electron chi connectivity index (χ0n) is 17.4. The highest BCUT2D eigenvalue weighted by atomic mass is 31.2. The Labute approximate surface area is 186 Å². The van der Waals surface area contributed by atoms with Gasteiger partial charge in [0, 0.05) is 0 Å². The average molecular weight is 460 g/mol. The molecule has 0 aromatic heterocycles. The molecule has 5 atom stereocenters. The van der Waals surface area contributed by atoms with E-state index in [2.05, 4.69) is 0 Å². The van der Waals surface area contributed by atoms with Crippen molar-refractivity contribution in [3.63, 3.8) is 0 Å². The van der Waals surface area contributed by atoms with Crippen LogP contribution in [0.2, 0.25) is 0 Å². The molecule has 0 aliphatic carbocycles. The van der Waals surface area contributed by atoms with Crippen LogP contribution in [0, 0.1) is 11.8 Å². The molecule has 0 radical (unpaired) electrons. The first kappa shape index (κ1) is 21.5. The first-order valence-corrected chi connectivity index (χ1v) is 12.3. The number of ether oxygens (including phenoxy) is 3. The average Bonchev–Trinajstić information content (AvgIpc) is 3.49. The van der Waals surface area contributed by atoms with Gasteiger partial charge in [-0.2, -0.15) is 0 Å². The van der Waals surface area contributed by atoms with Crippen LogP contribution in [0.3, 0.4) is 0 Å². The predicted molar refractivity (Wildman–Crippen MR) is 113 cm³/mol. The van der Waals surface area contributed by atoms with Crippen molar-refractivity contribution in [2.75, 3.05) is 13.2 Å². The molecule has 3 saturated heterocycles. The summed E-state index contributed by atoms with van der Waals surface area (Å²) in [4.78, 5) is 12.1. The minimum Gasteiger partial charge on any atom is -0.435 e. The molecule has 3 aliphatic rings. The van der Waals surface area contributed by atoms with Crippen LogP contribution in [-0.4, -0.2) is 37.7 Å². The molecular weight excluding hydrogens is 435 g/mol. The number of para-hydroxylation sites is 2. The van der Waals surface area contributed by atoms with E-state index in [9.17, 15) is 9.36 Å². The monoisotopic (exact) mass is 460 g/mol. The van der Waals surface area contributed by atoms with Gasteiger partial charge in [-0.1, -0.05) is 36.4 Å². The smallest absolute Gasteiger partial charge is 0.435 e. The highest BCUT2D eigenvalue weighted by Gasteiger charge is 2.61. The lowest BCUT2D eigenvalue weighted by Crippen LogP contribution is -2.32. The number of hydrogen-bond acceptors (Lipinski definition) is 8. The fourth-order valence-corrected chi connectivity index (χ4v) is 5.77. The van der Waals surface area contributed by atoms with Crippen LogP contribution >= 0.6 is 7.82 Å². The third-order valence-electron chi connectivity index (χ3n) is 5.89. The van der Waals surface area contributed by atoms with Gasteiger partial charge in [0.25, 0.3) is 0 Å². The molecule has 0 saturated carbocycles. The van der Waals surface area contributed by atoms with Crippen LogP contribution < -0.4 is 9.05 Å². The van der Waals surface area contributed by atoms with Crippen LogP contribution in [0.25, 0.3) is 0 Å². The molecule has 0 unspecified atom stereocenters. The molecule has 2 aromatic rings. The topological polar surface area (TPSA) is 89.5 Å². The molecular formula is C23H25O8P. The Bertz CT molecular complexity index is 923. The Morgan fingerprint density at radius 1 is 0.875 bits per heavy atom. The van der Waals surface area contributed by atoms with Crippen LogP contribution in [0.4, 0.5) is 0 Å². The molecule has 2 bridgehead atoms. The minimum atomic E-state index is -3.93. The molecule has 5 rings (SSSR count). The lowest BCUT2D eigenvalue weighted by molar-refractivity contribution is -0.175. The van der Waals surface area contributed by atoms with E-state index >= 15 is 0 Å². The molecule has 0 N–H and O–H groups in total. The summed E-state index contributed by atoms with van der Waals surface area (Å²) < 4.78 is 47.1. The van der Waals surface area contributed by atoms with Crippen molar-refractivity contribution in [2.45, 2.75) is 37.8 Å². The first-order valence-electron chi connectivity index (χ1n) is 10.8. The number of carbonyl (C=O) groups is 1. The zero-order valence-corrected chi connectivity index (χ0v) is 18.3. The number of carbonyl (C=O) groups excluding carboxylic acids is 1. The highest BCUT2D eigenvalue weighted by molar-refractivity contribution is 7.49. The lowest BCUT2D eigenvalue weighted by Gasteiger charge is -2.22. The Morgan fingerprint density at radius 2 is 1.50 bits per heavy atom. The van der Waals surface area contributed by atoms with Gasteiger partial charge in [0.1, 0.15) is 11.5 Å². The number of hydrogen-bond donors (Lipinski definition) is 0. The minimum absolute atomic E-state index is 0.0245. The van der Waals surface area contributed by atoms with Gasteiger partial charge >= 0.3 is 13.8 Å². The van der Waals surface area contributed by atoms with Crippen molar-refractivity contribution < 1.29 is 37.1 Å². The number of phosphoric acid groups is 1. The summed E-state index contributed by atoms with van der Waals surface area (Å²) in [5, 5.41) is 0. The van der Waals surface area contributed by atoms with Crippen molar-refractivity contribution >= 4 is 13.8 Å². The van der Waals surface area contributed by atoms with Crippen LogP contribution in [0.1, 0.15) is 19.3 Å². The van der Waals surface area contributed by atoms with E-state index in [1.165, 1.54) is 0 Å². The van der Waals surface area contributed by atoms with Crippen LogP contribution in [0.5, 0.6) is 11.5 Å². The third-order valence-corrected chi connectivity index (χ3v) is 7.26. The molecule has 0 spiro atoms. The maximum Gasteiger partial charge on any atom is 0.587 e. The van der Waals surface area contributed by atoms with Gasteiger partial charge in [0.15, 0.2) is 0 Å². The van der Waals surface area contributed by atoms with Crippen molar-refractivity contribution in [3.8, 4) is 11.5 Å². The quantitative estimate of drug-likeness (QED) is 0.294. The van der Waals surface area contributed by atoms with Crippen molar-refractivity contribution in [1.29, 1.82) is 0 Å². The summed E-state index contributed by atoms with van der Waals surface area (Å²) in [6.45, 7) is 0.351. The number of esters is 1. The van der Waals surface area contributed by atoms with Gasteiger partial charge in [-0.25, -0.2) is 4.57 Å². The lowest BCUT2D eigenvalue weighted by atomic mass is 9.81. The zero-order chi connectivity index (χ0) is 22.0. The van der Waals surface area contributed by atoms with Crippen molar-refractivity contribution in [2.24, 2.45) is 11.8 Å². The maximum atomic E-state index is 13.3. The maximum absolute atomic E-state index is 13.3. The molecule has 0 amide bonds. The second-order valence-electron chi connectivity index (χ2n) is 8.01. The Kier molecular flexibility index (Phi) is 6.20. The summed E-state index contributed by atoms with van der Waals surface area (Å²) in [7, 11) is -3.93. The summed E-state index contributed by atoms with van der Waals surface area (Å²) in [6.07, 6.45) is 1.64. The van der Waals surface area contributed by atoms with E-state index in [0.717, 1.165) is 12.8 Å². The Hall–Kier alpha value is -2.38. The SMILES string of the molecule is O=C1O[C@H](OCCCOP(=O)(Oc2ccccc2)Oc2ccccc2)[C@@H]2[C@H]1[C@H]1CC[C@@H]2O1. The highest BCUT2D eigenvalue weighted by Crippen LogP contribution is 2.51. The van der Waals surface area contributed by atoms with Crippen LogP contribution in [0.15, 0.2) is 60.7 Å². The first-order chi connectivity index (χ1) is 15.6. The fourth-order valence-electron chi connectivity index (χ4n) is 4.51. The number of cyclic esters (lactones) is 1. The largest absolute Gasteiger partial charge is 0.587 e. The Morgan fingerprint density at radius 3 is 2.16 bits per heavy atom. The van der Waals surface area contributed by atoms with E-state index in [1.807, 2.05) is 12.1 Å². The number of benzene rings is 2. The molecule has 3 aliphatic heterocycles. The third kappa shape index (κ3) is 4.55. The number of fused-ring (bicyclic) bond motifs is 5. The summed E-state index contributed by atoms with van der Waals surface area (Å²) >= 11 is 0. The van der Waals surface area contributed by atoms with Crippen LogP contribution in [-0.2, 0) is 28.1 Å². The van der Waals surface area contributed by atoms with Gasteiger partial charge < -0.3 is 23.3 Å². The number of phosphoric ester groups is 1. The normalized spacial score (nSPS) is 28.4. The molecule has 3 heterocycles. The van der Waals surface area contributed by atoms with E-state index in [0.29, 0.717) is 17.9 Å². The van der Waals surface area contributed by atoms with Gasteiger partial charge in [0.2, 0.25) is 6.29 Å². The van der Waals surface area contributed by atoms with Crippen molar-refractivity contribution in [1.82, 2.24) is 0 Å². The summed E-state index contributed by atoms with van der Waals surface area (Å²) in [5.74, 6) is 0.261. The standard InChI is InChI=1S/C23H25O8P/c24-22-20-18-12-13-19(28-18)21(20)23(29-22)26-14-7-15-27-32(25,30-16-8-3-1-4-9-16)31-17-10-5-2-6-11-17/h1-6,8-11,18-21,23H,7,12-15H2/t18-,19+,20-,21+,23+/m1/s1. The van der Waals surface area contributed by atoms with Crippen molar-refractivity contribution in [3.05, 3.63) is 60.7 Å². The summed E-state index contributed by atoms with van der Waals surface area (Å²) in [6, 6.07) is 17.4. The Balaban J connectivity index is 1.14. The van der Waals surface area contributed by atoms with Gasteiger partial charge in [-0.15, -0.1) is 0 Å². The predicted octanol–water partition coefficient (Wildman–Crippen LogP) is 4.35. The molecule has 2 aromatic carbocycles. The molecule has 32 heavy (non-hydrogen) atoms.